The summed E-state index contributed by atoms with van der Waals surface area (Å²) in [6.07, 6.45) is 11.2. The highest BCUT2D eigenvalue weighted by molar-refractivity contribution is 5.11. The Labute approximate surface area is 129 Å². The van der Waals surface area contributed by atoms with Gasteiger partial charge in [-0.05, 0) is 38.5 Å². The monoisotopic (exact) mass is 290 g/mol. The molecule has 117 valence electrons. The van der Waals surface area contributed by atoms with Gasteiger partial charge in [-0.25, -0.2) is 0 Å². The van der Waals surface area contributed by atoms with Crippen LogP contribution in [0.3, 0.4) is 0 Å². The third-order valence-electron chi connectivity index (χ3n) is 4.51. The molecule has 1 aliphatic rings. The zero-order chi connectivity index (χ0) is 15.9. The standard InChI is InChI=1S/C18H28NO2/c1-6-10-17(11-7-2)14-16(21-5)15-18(12-8-3,13-9-4)19(17)20/h6-9,16H,1-4,10-15H2,5H3. The predicted molar refractivity (Wildman–Crippen MR) is 87.3 cm³/mol. The predicted octanol–water partition coefficient (Wildman–Crippen LogP) is 4.22. The van der Waals surface area contributed by atoms with E-state index in [4.69, 9.17) is 4.74 Å². The number of ether oxygens (including phenoxy) is 1. The highest BCUT2D eigenvalue weighted by Crippen LogP contribution is 2.46. The van der Waals surface area contributed by atoms with E-state index in [0.717, 1.165) is 0 Å². The summed E-state index contributed by atoms with van der Waals surface area (Å²) >= 11 is 0. The second-order valence-corrected chi connectivity index (χ2v) is 5.98. The van der Waals surface area contributed by atoms with Crippen LogP contribution in [0, 0.1) is 0 Å². The molecule has 1 rings (SSSR count). The third kappa shape index (κ3) is 3.54. The van der Waals surface area contributed by atoms with Crippen molar-refractivity contribution in [3.05, 3.63) is 50.6 Å². The van der Waals surface area contributed by atoms with Gasteiger partial charge in [-0.15, -0.1) is 36.6 Å². The molecule has 0 spiro atoms. The van der Waals surface area contributed by atoms with Gasteiger partial charge < -0.3 is 4.74 Å². The fourth-order valence-electron chi connectivity index (χ4n) is 3.66. The van der Waals surface area contributed by atoms with Crippen molar-refractivity contribution in [1.29, 1.82) is 0 Å². The summed E-state index contributed by atoms with van der Waals surface area (Å²) in [5.74, 6) is 0. The average Bonchev–Trinajstić information content (AvgIpc) is 2.45. The molecule has 1 radical (unpaired) electrons. The van der Waals surface area contributed by atoms with Crippen molar-refractivity contribution in [3.8, 4) is 0 Å². The van der Waals surface area contributed by atoms with Gasteiger partial charge in [-0.2, -0.15) is 0 Å². The van der Waals surface area contributed by atoms with Gasteiger partial charge in [-0.3, -0.25) is 0 Å². The highest BCUT2D eigenvalue weighted by Gasteiger charge is 2.53. The van der Waals surface area contributed by atoms with Crippen LogP contribution >= 0.6 is 0 Å². The number of hydroxylamine groups is 2. The maximum Gasteiger partial charge on any atom is 0.0608 e. The molecule has 3 heteroatoms. The molecule has 1 heterocycles. The summed E-state index contributed by atoms with van der Waals surface area (Å²) in [6, 6.07) is 0. The van der Waals surface area contributed by atoms with Crippen LogP contribution in [-0.4, -0.2) is 29.4 Å². The molecule has 0 aromatic carbocycles. The molecule has 1 aliphatic heterocycles. The van der Waals surface area contributed by atoms with Crippen molar-refractivity contribution in [2.24, 2.45) is 0 Å². The first-order valence-corrected chi connectivity index (χ1v) is 7.48. The Hall–Kier alpha value is -1.16. The maximum absolute atomic E-state index is 13.3. The number of piperidine rings is 1. The average molecular weight is 290 g/mol. The number of methoxy groups -OCH3 is 1. The van der Waals surface area contributed by atoms with Crippen molar-refractivity contribution in [3.63, 3.8) is 0 Å². The summed E-state index contributed by atoms with van der Waals surface area (Å²) in [4.78, 5) is 0. The molecule has 0 unspecified atom stereocenters. The fraction of sp³-hybridized carbons (Fsp3) is 0.556. The molecule has 0 aromatic heterocycles. The zero-order valence-electron chi connectivity index (χ0n) is 13.2. The summed E-state index contributed by atoms with van der Waals surface area (Å²) < 4.78 is 5.63. The Morgan fingerprint density at radius 1 is 0.952 bits per heavy atom. The van der Waals surface area contributed by atoms with Gasteiger partial charge in [0.25, 0.3) is 0 Å². The Kier molecular flexibility index (Phi) is 6.59. The highest BCUT2D eigenvalue weighted by atomic mass is 16.5. The second-order valence-electron chi connectivity index (χ2n) is 5.98. The summed E-state index contributed by atoms with van der Waals surface area (Å²) in [6.45, 7) is 15.3. The quantitative estimate of drug-likeness (QED) is 0.595. The van der Waals surface area contributed by atoms with Gasteiger partial charge in [0.05, 0.1) is 17.2 Å². The molecular formula is C18H28NO2. The first-order valence-electron chi connectivity index (χ1n) is 7.48. The molecule has 1 saturated heterocycles. The second kappa shape index (κ2) is 7.74. The van der Waals surface area contributed by atoms with Crippen molar-refractivity contribution in [2.45, 2.75) is 55.7 Å². The largest absolute Gasteiger partial charge is 0.381 e. The van der Waals surface area contributed by atoms with Crippen molar-refractivity contribution >= 4 is 0 Å². The van der Waals surface area contributed by atoms with Gasteiger partial charge in [-0.1, -0.05) is 24.3 Å². The molecule has 21 heavy (non-hydrogen) atoms. The van der Waals surface area contributed by atoms with Gasteiger partial charge in [0, 0.05) is 7.11 Å². The van der Waals surface area contributed by atoms with E-state index >= 15 is 0 Å². The minimum absolute atomic E-state index is 0.0509. The van der Waals surface area contributed by atoms with Crippen LogP contribution < -0.4 is 0 Å². The lowest BCUT2D eigenvalue weighted by Crippen LogP contribution is -2.64. The van der Waals surface area contributed by atoms with Crippen molar-refractivity contribution in [2.75, 3.05) is 7.11 Å². The SMILES string of the molecule is C=CCC1(CC=C)CC(OC)CC(CC=C)(CC=C)N1[O]. The number of hydrogen-bond donors (Lipinski definition) is 0. The molecule has 1 fully saturated rings. The normalized spacial score (nSPS) is 21.6. The third-order valence-corrected chi connectivity index (χ3v) is 4.51. The lowest BCUT2D eigenvalue weighted by Gasteiger charge is -2.54. The number of nitrogens with zero attached hydrogens (tertiary/aromatic N) is 1. The van der Waals surface area contributed by atoms with Crippen LogP contribution in [0.25, 0.3) is 0 Å². The molecule has 0 N–H and O–H groups in total. The van der Waals surface area contributed by atoms with E-state index in [1.54, 1.807) is 7.11 Å². The minimum Gasteiger partial charge on any atom is -0.381 e. The zero-order valence-corrected chi connectivity index (χ0v) is 13.2. The summed E-state index contributed by atoms with van der Waals surface area (Å²) in [5, 5.41) is 14.5. The summed E-state index contributed by atoms with van der Waals surface area (Å²) in [5.41, 5.74) is -1.07. The number of hydrogen-bond acceptors (Lipinski definition) is 2. The summed E-state index contributed by atoms with van der Waals surface area (Å²) in [7, 11) is 1.71. The van der Waals surface area contributed by atoms with E-state index in [1.165, 1.54) is 5.06 Å². The van der Waals surface area contributed by atoms with Gasteiger partial charge >= 0.3 is 0 Å². The van der Waals surface area contributed by atoms with Gasteiger partial charge in [0.15, 0.2) is 0 Å². The van der Waals surface area contributed by atoms with E-state index in [9.17, 15) is 5.21 Å². The van der Waals surface area contributed by atoms with E-state index in [0.29, 0.717) is 38.5 Å². The van der Waals surface area contributed by atoms with Gasteiger partial charge in [0.1, 0.15) is 0 Å². The fourth-order valence-corrected chi connectivity index (χ4v) is 3.66. The van der Waals surface area contributed by atoms with Crippen molar-refractivity contribution in [1.82, 2.24) is 5.06 Å². The molecular weight excluding hydrogens is 262 g/mol. The molecule has 3 nitrogen and oxygen atoms in total. The molecule has 0 aromatic rings. The topological polar surface area (TPSA) is 32.4 Å². The Balaban J connectivity index is 3.29. The Morgan fingerprint density at radius 3 is 1.52 bits per heavy atom. The van der Waals surface area contributed by atoms with Gasteiger partial charge in [0.2, 0.25) is 0 Å². The van der Waals surface area contributed by atoms with E-state index in [1.807, 2.05) is 24.3 Å². The Morgan fingerprint density at radius 2 is 1.29 bits per heavy atom. The smallest absolute Gasteiger partial charge is 0.0608 e. The van der Waals surface area contributed by atoms with Crippen LogP contribution in [-0.2, 0) is 9.94 Å². The molecule has 0 aliphatic carbocycles. The van der Waals surface area contributed by atoms with Crippen LogP contribution in [0.15, 0.2) is 50.6 Å². The molecule has 0 atom stereocenters. The number of rotatable bonds is 9. The Bertz CT molecular complexity index is 335. The minimum atomic E-state index is -0.533. The van der Waals surface area contributed by atoms with Crippen LogP contribution in [0.1, 0.15) is 38.5 Å². The molecule has 0 bridgehead atoms. The first kappa shape index (κ1) is 17.9. The van der Waals surface area contributed by atoms with Crippen LogP contribution in [0.4, 0.5) is 0 Å². The lowest BCUT2D eigenvalue weighted by molar-refractivity contribution is -0.315. The molecule has 0 saturated carbocycles. The van der Waals surface area contributed by atoms with Crippen LogP contribution in [0.5, 0.6) is 0 Å². The van der Waals surface area contributed by atoms with E-state index in [2.05, 4.69) is 26.3 Å². The van der Waals surface area contributed by atoms with E-state index in [-0.39, 0.29) is 6.10 Å². The molecule has 0 amide bonds. The van der Waals surface area contributed by atoms with Crippen LogP contribution in [0.2, 0.25) is 0 Å². The maximum atomic E-state index is 13.3. The van der Waals surface area contributed by atoms with E-state index < -0.39 is 11.1 Å². The first-order chi connectivity index (χ1) is 10.0. The van der Waals surface area contributed by atoms with Crippen molar-refractivity contribution < 1.29 is 9.94 Å². The lowest BCUT2D eigenvalue weighted by atomic mass is 9.71.